The van der Waals surface area contributed by atoms with Crippen LogP contribution in [-0.2, 0) is 23.2 Å². The molecule has 41 heavy (non-hydrogen) atoms. The molecule has 2 atom stereocenters. The highest BCUT2D eigenvalue weighted by atomic mass is 35.5. The summed E-state index contributed by atoms with van der Waals surface area (Å²) in [6.07, 6.45) is 5.44. The summed E-state index contributed by atoms with van der Waals surface area (Å²) in [4.78, 5) is 49.1. The molecule has 0 bridgehead atoms. The molecule has 2 aliphatic rings. The van der Waals surface area contributed by atoms with Gasteiger partial charge in [-0.1, -0.05) is 17.5 Å². The number of amides is 2. The summed E-state index contributed by atoms with van der Waals surface area (Å²) >= 11 is 6.35. The number of nitrogens with zero attached hydrogens (tertiary/aromatic N) is 5. The number of pyridine rings is 1. The van der Waals surface area contributed by atoms with Crippen molar-refractivity contribution in [1.82, 2.24) is 24.4 Å². The molecule has 1 aliphatic carbocycles. The smallest absolute Gasteiger partial charge is 0.262 e. The van der Waals surface area contributed by atoms with E-state index in [-0.39, 0.29) is 34.2 Å². The summed E-state index contributed by atoms with van der Waals surface area (Å²) in [5, 5.41) is 16.5. The van der Waals surface area contributed by atoms with Crippen LogP contribution in [0.3, 0.4) is 0 Å². The molecular weight excluding hydrogens is 555 g/mol. The molecule has 5 N–H and O–H groups in total. The standard InChI is InChI=1S/C27H26ClFN8O4/c1-14-9-31-5-6-37(14)21-8-20(18(28)10-32-21)34-22(38)12-36-11-17(23-26(36)33-13-35(2)27(23)41)15-3-4-19(29)24(39)16(7-15)25(30)40/h7-8,10-11,13-15,31,39H,5-6,9,12H2,1-2H3,(H2,30,40)(H,32,34,38)/t14-,15?/m0/s1. The van der Waals surface area contributed by atoms with Crippen LogP contribution in [0, 0.1) is 11.8 Å². The van der Waals surface area contributed by atoms with Crippen LogP contribution >= 0.6 is 11.6 Å². The average Bonchev–Trinajstić information content (AvgIpc) is 3.22. The summed E-state index contributed by atoms with van der Waals surface area (Å²) in [5.74, 6) is 0.668. The molecule has 1 aliphatic heterocycles. The van der Waals surface area contributed by atoms with Crippen molar-refractivity contribution in [2.45, 2.75) is 25.4 Å². The zero-order valence-electron chi connectivity index (χ0n) is 22.1. The third-order valence-corrected chi connectivity index (χ3v) is 7.23. The van der Waals surface area contributed by atoms with Crippen LogP contribution in [0.1, 0.15) is 18.4 Å². The maximum absolute atomic E-state index is 14.2. The minimum Gasteiger partial charge on any atom is -0.504 e. The van der Waals surface area contributed by atoms with Gasteiger partial charge in [0.15, 0.2) is 5.76 Å². The summed E-state index contributed by atoms with van der Waals surface area (Å²) in [6, 6.07) is 1.90. The number of carbonyl (C=O) groups excluding carboxylic acids is 2. The van der Waals surface area contributed by atoms with Gasteiger partial charge in [-0.05, 0) is 18.9 Å². The van der Waals surface area contributed by atoms with E-state index in [0.717, 1.165) is 19.6 Å². The second-order valence-corrected chi connectivity index (χ2v) is 10.2. The zero-order valence-corrected chi connectivity index (χ0v) is 22.9. The molecule has 2 amide bonds. The lowest BCUT2D eigenvalue weighted by molar-refractivity contribution is -0.117. The molecular formula is C27H26ClFN8O4. The van der Waals surface area contributed by atoms with Crippen molar-refractivity contribution in [3.63, 3.8) is 0 Å². The van der Waals surface area contributed by atoms with Gasteiger partial charge in [0.1, 0.15) is 18.0 Å². The fraction of sp³-hybridized carbons (Fsp3) is 0.296. The Morgan fingerprint density at radius 1 is 1.37 bits per heavy atom. The number of nitrogens with two attached hydrogens (primary N) is 1. The van der Waals surface area contributed by atoms with Gasteiger partial charge in [0.25, 0.3) is 11.5 Å². The Balaban J connectivity index is 1.49. The number of hydrogen-bond donors (Lipinski definition) is 4. The van der Waals surface area contributed by atoms with Crippen molar-refractivity contribution < 1.29 is 19.1 Å². The normalized spacial score (nSPS) is 18.9. The molecule has 1 unspecified atom stereocenters. The van der Waals surface area contributed by atoms with E-state index in [9.17, 15) is 23.9 Å². The van der Waals surface area contributed by atoms with Crippen LogP contribution in [0.2, 0.25) is 5.02 Å². The molecule has 212 valence electrons. The number of carbonyl (C=O) groups is 2. The topological polar surface area (TPSA) is 160 Å². The van der Waals surface area contributed by atoms with Gasteiger partial charge in [-0.25, -0.2) is 9.97 Å². The van der Waals surface area contributed by atoms with Crippen LogP contribution in [0.25, 0.3) is 11.0 Å². The highest BCUT2D eigenvalue weighted by molar-refractivity contribution is 6.33. The van der Waals surface area contributed by atoms with E-state index in [1.807, 2.05) is 0 Å². The molecule has 0 radical (unpaired) electrons. The molecule has 0 saturated carbocycles. The van der Waals surface area contributed by atoms with E-state index in [1.54, 1.807) is 6.07 Å². The van der Waals surface area contributed by atoms with Gasteiger partial charge in [0, 0.05) is 50.6 Å². The Kier molecular flexibility index (Phi) is 7.53. The van der Waals surface area contributed by atoms with Crippen LogP contribution < -0.4 is 26.8 Å². The van der Waals surface area contributed by atoms with Gasteiger partial charge < -0.3 is 35.5 Å². The molecule has 0 spiro atoms. The Bertz CT molecular complexity index is 1770. The van der Waals surface area contributed by atoms with Gasteiger partial charge >= 0.3 is 0 Å². The molecule has 12 nitrogen and oxygen atoms in total. The summed E-state index contributed by atoms with van der Waals surface area (Å²) in [5.41, 5.74) is 5.19. The number of aliphatic hydroxyl groups is 1. The number of piperazine rings is 1. The zero-order chi connectivity index (χ0) is 29.4. The first-order valence-corrected chi connectivity index (χ1v) is 13.0. The average molecular weight is 581 g/mol. The second kappa shape index (κ2) is 11.1. The lowest BCUT2D eigenvalue weighted by Gasteiger charge is -2.35. The number of anilines is 2. The van der Waals surface area contributed by atoms with Gasteiger partial charge in [0.05, 0.1) is 40.1 Å². The van der Waals surface area contributed by atoms with Gasteiger partial charge in [0.2, 0.25) is 11.7 Å². The molecule has 0 aromatic carbocycles. The largest absolute Gasteiger partial charge is 0.504 e. The number of hydrogen-bond acceptors (Lipinski definition) is 8. The number of rotatable bonds is 6. The fourth-order valence-corrected chi connectivity index (χ4v) is 4.98. The second-order valence-electron chi connectivity index (χ2n) is 9.74. The molecule has 5 rings (SSSR count). The van der Waals surface area contributed by atoms with Crippen LogP contribution in [0.4, 0.5) is 15.9 Å². The van der Waals surface area contributed by atoms with E-state index >= 15 is 0 Å². The molecule has 1 fully saturated rings. The number of halogens is 2. The van der Waals surface area contributed by atoms with Gasteiger partial charge in [-0.15, -0.1) is 0 Å². The first-order chi connectivity index (χ1) is 19.5. The maximum Gasteiger partial charge on any atom is 0.262 e. The van der Waals surface area contributed by atoms with E-state index in [2.05, 4.69) is 44.3 Å². The minimum absolute atomic E-state index is 0.112. The van der Waals surface area contributed by atoms with Gasteiger partial charge in [-0.2, -0.15) is 4.39 Å². The van der Waals surface area contributed by atoms with Crippen LogP contribution in [0.15, 0.2) is 52.8 Å². The van der Waals surface area contributed by atoms with Crippen molar-refractivity contribution in [2.24, 2.45) is 12.8 Å². The molecule has 4 heterocycles. The third kappa shape index (κ3) is 5.39. The van der Waals surface area contributed by atoms with E-state index < -0.39 is 40.5 Å². The number of primary amides is 1. The van der Waals surface area contributed by atoms with Crippen LogP contribution in [-0.4, -0.2) is 61.7 Å². The Morgan fingerprint density at radius 3 is 2.88 bits per heavy atom. The number of nitrogens with one attached hydrogen (secondary N) is 2. The molecule has 1 saturated heterocycles. The number of aliphatic hydroxyl groups excluding tert-OH is 1. The molecule has 3 aromatic rings. The molecule has 3 aromatic heterocycles. The summed E-state index contributed by atoms with van der Waals surface area (Å²) in [7, 11) is 1.50. The lowest BCUT2D eigenvalue weighted by Crippen LogP contribution is -2.50. The Morgan fingerprint density at radius 2 is 2.15 bits per heavy atom. The van der Waals surface area contributed by atoms with Gasteiger partial charge in [-0.3, -0.25) is 14.4 Å². The minimum atomic E-state index is -1.23. The van der Waals surface area contributed by atoms with Crippen molar-refractivity contribution in [1.29, 1.82) is 0 Å². The number of aromatic nitrogens is 4. The van der Waals surface area contributed by atoms with Crippen molar-refractivity contribution in [3.05, 3.63) is 69.0 Å². The lowest BCUT2D eigenvalue weighted by atomic mass is 9.97. The molecule has 14 heteroatoms. The van der Waals surface area contributed by atoms with E-state index in [4.69, 9.17) is 17.3 Å². The quantitative estimate of drug-likeness (QED) is 0.319. The van der Waals surface area contributed by atoms with Crippen molar-refractivity contribution in [3.8, 4) is 11.8 Å². The van der Waals surface area contributed by atoms with E-state index in [1.165, 1.54) is 41.0 Å². The van der Waals surface area contributed by atoms with E-state index in [0.29, 0.717) is 11.5 Å². The van der Waals surface area contributed by atoms with Crippen molar-refractivity contribution in [2.75, 3.05) is 29.9 Å². The summed E-state index contributed by atoms with van der Waals surface area (Å²) < 4.78 is 16.9. The monoisotopic (exact) mass is 580 g/mol. The van der Waals surface area contributed by atoms with Crippen LogP contribution in [0.5, 0.6) is 0 Å². The number of allylic oxidation sites excluding steroid dienone is 2. The highest BCUT2D eigenvalue weighted by Crippen LogP contribution is 2.30. The first kappa shape index (κ1) is 27.9. The first-order valence-electron chi connectivity index (χ1n) is 12.6. The number of fused-ring (bicyclic) bond motifs is 1. The maximum atomic E-state index is 14.2. The SMILES string of the molecule is C[C@H]1CNCCN1c1cc(NC(=O)Cn2cc(C3C#CC(F)=C(O)C(C(N)=O)=C3)c3c(=O)n(C)cnc32)c(Cl)cn1. The fourth-order valence-electron chi connectivity index (χ4n) is 4.83. The Labute approximate surface area is 238 Å². The number of aryl methyl sites for hydroxylation is 1. The summed E-state index contributed by atoms with van der Waals surface area (Å²) in [6.45, 7) is 4.15. The predicted molar refractivity (Wildman–Crippen MR) is 151 cm³/mol. The Hall–Kier alpha value is -4.67. The van der Waals surface area contributed by atoms with Crippen molar-refractivity contribution >= 4 is 46.0 Å². The third-order valence-electron chi connectivity index (χ3n) is 6.93. The predicted octanol–water partition coefficient (Wildman–Crippen LogP) is 1.47. The highest BCUT2D eigenvalue weighted by Gasteiger charge is 2.26.